The Bertz CT molecular complexity index is 3260. The van der Waals surface area contributed by atoms with E-state index in [9.17, 15) is 77.0 Å². The molecule has 0 aliphatic heterocycles. The van der Waals surface area contributed by atoms with Crippen molar-refractivity contribution < 1.29 is 77.0 Å². The summed E-state index contributed by atoms with van der Waals surface area (Å²) in [6, 6.07) is -9.38. The van der Waals surface area contributed by atoms with Crippen molar-refractivity contribution >= 4 is 88.7 Å². The average molecular weight is 1660 g/mol. The normalized spacial score (nSPS) is 15.3. The van der Waals surface area contributed by atoms with Gasteiger partial charge < -0.3 is 114 Å². The third-order valence-corrected chi connectivity index (χ3v) is 19.2. The van der Waals surface area contributed by atoms with E-state index in [-0.39, 0.29) is 120 Å². The number of hydrogen-bond acceptors (Lipinski definition) is 21. The zero-order valence-electron chi connectivity index (χ0n) is 71.9. The molecule has 0 aliphatic rings. The molecule has 666 valence electrons. The van der Waals surface area contributed by atoms with Crippen LogP contribution in [0.15, 0.2) is 30.3 Å². The number of carbonyl (C=O) groups excluding carboxylic acids is 14. The van der Waals surface area contributed by atoms with Gasteiger partial charge in [0.25, 0.3) is 0 Å². The number of hydrogen-bond donors (Lipinski definition) is 21. The predicted octanol–water partition coefficient (Wildman–Crippen LogP) is -0.617. The Hall–Kier alpha value is -8.97. The third kappa shape index (κ3) is 43.9. The van der Waals surface area contributed by atoms with Crippen LogP contribution in [-0.4, -0.2) is 217 Å². The lowest BCUT2D eigenvalue weighted by molar-refractivity contribution is -0.143. The SMILES string of the molecule is CC(C)C[C@H](NC(=O)[C@H](CCCCN)NC(=O)[C@H](C)NC(=O)[C@H](CC(C)C)NC(=O)[C@H](CCCCN)NC(=O)[C@H](CC(C)C)NC(=O)[C@H](C)NC(=O)[C@H](CC(C)C)NC(=O)[C@H](CCCCN)NC(=O)[C@H](C)NC(=O)[C@H](CC(C)C)NC(=O)[C@H](CCCCN)NC(=O)[C@H](CCCCN)NC(=O)[C@H](C)NC(=O)[C@@H](N)Cc1ccccc1)C(=O)O. The Labute approximate surface area is 692 Å². The van der Waals surface area contributed by atoms with Gasteiger partial charge in [0.2, 0.25) is 82.7 Å². The number of carboxylic acid groups (broad SMARTS) is 1. The maximum Gasteiger partial charge on any atom is 0.326 e. The number of nitrogens with one attached hydrogen (secondary N) is 14. The smallest absolute Gasteiger partial charge is 0.326 e. The van der Waals surface area contributed by atoms with Crippen molar-refractivity contribution in [1.82, 2.24) is 74.4 Å². The van der Waals surface area contributed by atoms with Crippen LogP contribution in [0, 0.1) is 29.6 Å². The van der Waals surface area contributed by atoms with Crippen LogP contribution in [0.1, 0.15) is 231 Å². The Morgan fingerprint density at radius 3 is 0.675 bits per heavy atom. The summed E-state index contributed by atoms with van der Waals surface area (Å²) < 4.78 is 0. The van der Waals surface area contributed by atoms with Gasteiger partial charge in [0, 0.05) is 0 Å². The highest BCUT2D eigenvalue weighted by Gasteiger charge is 2.38. The van der Waals surface area contributed by atoms with Crippen LogP contribution in [0.5, 0.6) is 0 Å². The van der Waals surface area contributed by atoms with E-state index in [1.807, 2.05) is 58.0 Å². The van der Waals surface area contributed by atoms with Gasteiger partial charge in [-0.2, -0.15) is 0 Å². The van der Waals surface area contributed by atoms with E-state index >= 15 is 0 Å². The molecule has 0 saturated heterocycles. The maximum atomic E-state index is 14.4. The summed E-state index contributed by atoms with van der Waals surface area (Å²) in [7, 11) is 0. The van der Waals surface area contributed by atoms with Crippen molar-refractivity contribution in [2.45, 2.75) is 322 Å². The minimum absolute atomic E-state index is 0.0349. The number of carboxylic acids is 1. The summed E-state index contributed by atoms with van der Waals surface area (Å²) in [6.45, 7) is 25.0. The highest BCUT2D eigenvalue weighted by molar-refractivity contribution is 6.00. The van der Waals surface area contributed by atoms with E-state index in [1.54, 1.807) is 41.5 Å². The lowest BCUT2D eigenvalue weighted by Gasteiger charge is -2.28. The highest BCUT2D eigenvalue weighted by Crippen LogP contribution is 2.16. The second kappa shape index (κ2) is 58.0. The summed E-state index contributed by atoms with van der Waals surface area (Å²) >= 11 is 0. The topological polar surface area (TPSA) is 601 Å². The predicted molar refractivity (Wildman–Crippen MR) is 447 cm³/mol. The molecule has 117 heavy (non-hydrogen) atoms. The Kier molecular flexibility index (Phi) is 52.6. The number of rotatable bonds is 61. The zero-order chi connectivity index (χ0) is 88.6. The van der Waals surface area contributed by atoms with Crippen molar-refractivity contribution in [3.63, 3.8) is 0 Å². The van der Waals surface area contributed by atoms with Crippen molar-refractivity contribution in [2.75, 3.05) is 32.7 Å². The van der Waals surface area contributed by atoms with Gasteiger partial charge in [0.05, 0.1) is 6.04 Å². The van der Waals surface area contributed by atoms with Crippen LogP contribution in [0.25, 0.3) is 0 Å². The van der Waals surface area contributed by atoms with Crippen molar-refractivity contribution in [3.05, 3.63) is 35.9 Å². The number of carbonyl (C=O) groups is 15. The second-order valence-electron chi connectivity index (χ2n) is 32.7. The third-order valence-electron chi connectivity index (χ3n) is 19.2. The summed E-state index contributed by atoms with van der Waals surface area (Å²) in [4.78, 5) is 209. The fourth-order valence-electron chi connectivity index (χ4n) is 12.6. The molecule has 27 N–H and O–H groups in total. The molecular formula is C81H146N20O16. The number of nitrogens with two attached hydrogens (primary N) is 6. The average Bonchev–Trinajstić information content (AvgIpc) is 0.870. The maximum absolute atomic E-state index is 14.4. The molecule has 1 aromatic rings. The summed E-state index contributed by atoms with van der Waals surface area (Å²) in [5.41, 5.74) is 36.0. The quantitative estimate of drug-likeness (QED) is 0.0362. The van der Waals surface area contributed by atoms with Crippen LogP contribution in [-0.2, 0) is 78.3 Å². The number of amides is 14. The van der Waals surface area contributed by atoms with Crippen molar-refractivity contribution in [2.24, 2.45) is 64.0 Å². The molecule has 14 amide bonds. The minimum Gasteiger partial charge on any atom is -0.480 e. The molecule has 36 nitrogen and oxygen atoms in total. The molecule has 0 aromatic heterocycles. The van der Waals surface area contributed by atoms with Gasteiger partial charge in [0.15, 0.2) is 0 Å². The zero-order valence-corrected chi connectivity index (χ0v) is 71.9. The lowest BCUT2D eigenvalue weighted by atomic mass is 10.00. The molecule has 0 fully saturated rings. The molecule has 0 aliphatic carbocycles. The van der Waals surface area contributed by atoms with Crippen molar-refractivity contribution in [1.29, 1.82) is 0 Å². The highest BCUT2D eigenvalue weighted by atomic mass is 16.4. The van der Waals surface area contributed by atoms with Gasteiger partial charge in [0.1, 0.15) is 84.6 Å². The first-order chi connectivity index (χ1) is 55.1. The van der Waals surface area contributed by atoms with E-state index in [2.05, 4.69) is 74.4 Å². The number of unbranched alkanes of at least 4 members (excludes halogenated alkanes) is 5. The molecule has 1 rings (SSSR count). The van der Waals surface area contributed by atoms with Crippen LogP contribution >= 0.6 is 0 Å². The number of aliphatic carboxylic acids is 1. The summed E-state index contributed by atoms with van der Waals surface area (Å²) in [5, 5.41) is 47.3. The van der Waals surface area contributed by atoms with Crippen LogP contribution in [0.4, 0.5) is 0 Å². The molecule has 36 heteroatoms. The fraction of sp³-hybridized carbons (Fsp3) is 0.741. The fourth-order valence-corrected chi connectivity index (χ4v) is 12.6. The monoisotopic (exact) mass is 1660 g/mol. The second-order valence-corrected chi connectivity index (χ2v) is 32.7. The van der Waals surface area contributed by atoms with E-state index in [0.29, 0.717) is 77.3 Å². The summed E-state index contributed by atoms with van der Waals surface area (Å²) in [5.74, 6) is -12.6. The molecule has 0 spiro atoms. The van der Waals surface area contributed by atoms with Gasteiger partial charge in [-0.05, 0) is 230 Å². The van der Waals surface area contributed by atoms with Gasteiger partial charge in [-0.15, -0.1) is 0 Å². The first-order valence-electron chi connectivity index (χ1n) is 41.9. The van der Waals surface area contributed by atoms with E-state index < -0.39 is 179 Å². The molecule has 15 atom stereocenters. The molecule has 0 saturated carbocycles. The van der Waals surface area contributed by atoms with Crippen LogP contribution in [0.2, 0.25) is 0 Å². The standard InChI is InChI=1S/C81H146N20O16/c1-46(2)40-62(79(114)91-54(14)70(105)97-65(43-49(7)8)80(115)96-61(34-22-27-39-86)75(110)100-64(42-48(5)6)78(113)90-53(13)69(104)94-59(32-20-25-37-84)76(111)101-66(81(116)117)44-50(9)10)98-73(108)58(31-19-24-36-83)93-68(103)52(12)89-77(112)63(41-47(3)4)99-74(109)60(33-21-26-38-85)95-72(107)57(30-18-23-35-82)92-67(102)51(11)88-71(106)56(87)45-55-28-16-15-17-29-55/h15-17,28-29,46-54,56-66H,18-27,30-45,82-87H2,1-14H3,(H,88,106)(H,89,112)(H,90,113)(H,91,114)(H,92,102)(H,93,103)(H,94,104)(H,95,107)(H,96,115)(H,97,105)(H,98,108)(H,99,109)(H,100,110)(H,101,111)(H,116,117)/t51-,52-,53-,54-,56-,57-,58-,59-,60-,61-,62-,63-,64-,65-,66-/m0/s1. The van der Waals surface area contributed by atoms with Gasteiger partial charge in [-0.3, -0.25) is 67.1 Å². The van der Waals surface area contributed by atoms with E-state index in [1.165, 1.54) is 27.7 Å². The van der Waals surface area contributed by atoms with Crippen molar-refractivity contribution in [3.8, 4) is 0 Å². The molecule has 0 heterocycles. The largest absolute Gasteiger partial charge is 0.480 e. The first-order valence-corrected chi connectivity index (χ1v) is 41.9. The molecule has 0 unspecified atom stereocenters. The minimum atomic E-state index is -1.33. The number of benzene rings is 1. The Morgan fingerprint density at radius 2 is 0.444 bits per heavy atom. The Balaban J connectivity index is 3.44. The lowest BCUT2D eigenvalue weighted by Crippen LogP contribution is -2.60. The first kappa shape index (κ1) is 106. The van der Waals surface area contributed by atoms with E-state index in [4.69, 9.17) is 34.4 Å². The van der Waals surface area contributed by atoms with Gasteiger partial charge in [-0.1, -0.05) is 99.6 Å². The molecule has 1 aromatic carbocycles. The van der Waals surface area contributed by atoms with Gasteiger partial charge >= 0.3 is 5.97 Å². The summed E-state index contributed by atoms with van der Waals surface area (Å²) in [6.07, 6.45) is 5.28. The van der Waals surface area contributed by atoms with Gasteiger partial charge in [-0.25, -0.2) is 4.79 Å². The van der Waals surface area contributed by atoms with Crippen LogP contribution < -0.4 is 109 Å². The van der Waals surface area contributed by atoms with E-state index in [0.717, 1.165) is 5.56 Å². The Morgan fingerprint density at radius 1 is 0.256 bits per heavy atom. The molecular weight excluding hydrogens is 1510 g/mol. The molecule has 0 bridgehead atoms. The molecule has 0 radical (unpaired) electrons. The van der Waals surface area contributed by atoms with Crippen LogP contribution in [0.3, 0.4) is 0 Å².